The lowest BCUT2D eigenvalue weighted by atomic mass is 9.91. The van der Waals surface area contributed by atoms with E-state index in [9.17, 15) is 9.59 Å². The predicted molar refractivity (Wildman–Crippen MR) is 61.7 cm³/mol. The summed E-state index contributed by atoms with van der Waals surface area (Å²) in [6.45, 7) is 3.89. The van der Waals surface area contributed by atoms with Crippen LogP contribution in [0.3, 0.4) is 0 Å². The molecule has 0 aromatic carbocycles. The van der Waals surface area contributed by atoms with Crippen molar-refractivity contribution in [2.45, 2.75) is 26.8 Å². The van der Waals surface area contributed by atoms with Gasteiger partial charge >= 0.3 is 5.97 Å². The monoisotopic (exact) mass is 234 g/mol. The molecular weight excluding hydrogens is 220 g/mol. The smallest absolute Gasteiger partial charge is 0.337 e. The van der Waals surface area contributed by atoms with Gasteiger partial charge in [0, 0.05) is 18.8 Å². The number of hydrogen-bond donors (Lipinski definition) is 1. The third-order valence-electron chi connectivity index (χ3n) is 2.51. The van der Waals surface area contributed by atoms with Crippen molar-refractivity contribution in [1.29, 1.82) is 5.26 Å². The van der Waals surface area contributed by atoms with Gasteiger partial charge in [-0.05, 0) is 26.3 Å². The number of rotatable bonds is 4. The van der Waals surface area contributed by atoms with Gasteiger partial charge in [0.15, 0.2) is 0 Å². The summed E-state index contributed by atoms with van der Waals surface area (Å²) < 4.78 is 1.32. The molecule has 0 atom stereocenters. The molecule has 17 heavy (non-hydrogen) atoms. The molecule has 1 rings (SSSR count). The van der Waals surface area contributed by atoms with Crippen molar-refractivity contribution in [3.63, 3.8) is 0 Å². The van der Waals surface area contributed by atoms with Crippen molar-refractivity contribution in [2.24, 2.45) is 5.41 Å². The fraction of sp³-hybridized carbons (Fsp3) is 0.417. The van der Waals surface area contributed by atoms with Crippen LogP contribution in [0.4, 0.5) is 0 Å². The molecule has 0 aliphatic rings. The van der Waals surface area contributed by atoms with Crippen LogP contribution < -0.4 is 5.56 Å². The zero-order chi connectivity index (χ0) is 13.1. The van der Waals surface area contributed by atoms with Gasteiger partial charge < -0.3 is 9.67 Å². The number of aryl methyl sites for hydroxylation is 1. The summed E-state index contributed by atoms with van der Waals surface area (Å²) >= 11 is 0. The molecule has 1 aromatic rings. The Morgan fingerprint density at radius 2 is 2.18 bits per heavy atom. The van der Waals surface area contributed by atoms with Crippen LogP contribution in [0, 0.1) is 16.7 Å². The third-order valence-corrected chi connectivity index (χ3v) is 2.51. The molecule has 0 bridgehead atoms. The fourth-order valence-corrected chi connectivity index (χ4v) is 1.29. The minimum absolute atomic E-state index is 0.0689. The molecule has 90 valence electrons. The highest BCUT2D eigenvalue weighted by Crippen LogP contribution is 2.18. The van der Waals surface area contributed by atoms with E-state index in [0.29, 0.717) is 13.0 Å². The number of nitriles is 1. The molecule has 0 aliphatic carbocycles. The Hall–Kier alpha value is -2.09. The van der Waals surface area contributed by atoms with E-state index in [1.807, 2.05) is 0 Å². The van der Waals surface area contributed by atoms with Crippen LogP contribution in [0.25, 0.3) is 0 Å². The summed E-state index contributed by atoms with van der Waals surface area (Å²) in [7, 11) is 0. The van der Waals surface area contributed by atoms with Crippen LogP contribution in [0.5, 0.6) is 0 Å². The molecule has 1 aromatic heterocycles. The standard InChI is InChI=1S/C12H14N2O3/c1-12(2,8-13)5-6-14-7-9(11(16)17)3-4-10(14)15/h3-4,7H,5-6H2,1-2H3,(H,16,17). The zero-order valence-corrected chi connectivity index (χ0v) is 9.80. The lowest BCUT2D eigenvalue weighted by Gasteiger charge is -2.15. The Bertz CT molecular complexity index is 523. The second-order valence-corrected chi connectivity index (χ2v) is 4.50. The largest absolute Gasteiger partial charge is 0.478 e. The SMILES string of the molecule is CC(C)(C#N)CCn1cc(C(=O)O)ccc1=O. The number of carbonyl (C=O) groups is 1. The van der Waals surface area contributed by atoms with Gasteiger partial charge in [-0.2, -0.15) is 5.26 Å². The molecule has 0 aliphatic heterocycles. The van der Waals surface area contributed by atoms with E-state index >= 15 is 0 Å². The minimum Gasteiger partial charge on any atom is -0.478 e. The van der Waals surface area contributed by atoms with Gasteiger partial charge in [0.25, 0.3) is 5.56 Å². The van der Waals surface area contributed by atoms with E-state index < -0.39 is 11.4 Å². The molecule has 0 radical (unpaired) electrons. The molecule has 0 unspecified atom stereocenters. The van der Waals surface area contributed by atoms with E-state index in [0.717, 1.165) is 0 Å². The first kappa shape index (κ1) is 13.0. The average molecular weight is 234 g/mol. The molecular formula is C12H14N2O3. The maximum Gasteiger partial charge on any atom is 0.337 e. The first-order valence-electron chi connectivity index (χ1n) is 5.21. The molecule has 0 fully saturated rings. The van der Waals surface area contributed by atoms with Crippen molar-refractivity contribution in [1.82, 2.24) is 4.57 Å². The Morgan fingerprint density at radius 3 is 2.71 bits per heavy atom. The Labute approximate surface area is 98.9 Å². The van der Waals surface area contributed by atoms with Crippen molar-refractivity contribution < 1.29 is 9.90 Å². The number of carboxylic acids is 1. The van der Waals surface area contributed by atoms with Crippen LogP contribution in [0.1, 0.15) is 30.6 Å². The number of hydrogen-bond acceptors (Lipinski definition) is 3. The van der Waals surface area contributed by atoms with Gasteiger partial charge in [-0.15, -0.1) is 0 Å². The lowest BCUT2D eigenvalue weighted by molar-refractivity contribution is 0.0695. The quantitative estimate of drug-likeness (QED) is 0.855. The van der Waals surface area contributed by atoms with E-state index in [4.69, 9.17) is 10.4 Å². The van der Waals surface area contributed by atoms with Crippen LogP contribution in [0.2, 0.25) is 0 Å². The number of aromatic nitrogens is 1. The van der Waals surface area contributed by atoms with Gasteiger partial charge in [0.1, 0.15) is 0 Å². The molecule has 1 heterocycles. The molecule has 5 nitrogen and oxygen atoms in total. The Morgan fingerprint density at radius 1 is 1.53 bits per heavy atom. The van der Waals surface area contributed by atoms with Gasteiger partial charge in [-0.3, -0.25) is 4.79 Å². The van der Waals surface area contributed by atoms with Gasteiger partial charge in [-0.25, -0.2) is 4.79 Å². The summed E-state index contributed by atoms with van der Waals surface area (Å²) in [5.41, 5.74) is -0.721. The summed E-state index contributed by atoms with van der Waals surface area (Å²) in [5.74, 6) is -1.07. The lowest BCUT2D eigenvalue weighted by Crippen LogP contribution is -2.23. The number of nitrogens with zero attached hydrogens (tertiary/aromatic N) is 2. The molecule has 5 heteroatoms. The van der Waals surface area contributed by atoms with Crippen molar-refractivity contribution in [3.05, 3.63) is 34.2 Å². The topological polar surface area (TPSA) is 83.1 Å². The summed E-state index contributed by atoms with van der Waals surface area (Å²) in [6, 6.07) is 4.64. The van der Waals surface area contributed by atoms with Gasteiger partial charge in [0.2, 0.25) is 0 Å². The number of aromatic carboxylic acids is 1. The second kappa shape index (κ2) is 4.83. The summed E-state index contributed by atoms with van der Waals surface area (Å²) in [4.78, 5) is 22.2. The van der Waals surface area contributed by atoms with Gasteiger partial charge in [0.05, 0.1) is 17.0 Å². The van der Waals surface area contributed by atoms with Crippen molar-refractivity contribution in [2.75, 3.05) is 0 Å². The van der Waals surface area contributed by atoms with Crippen molar-refractivity contribution in [3.8, 4) is 6.07 Å². The average Bonchev–Trinajstić information content (AvgIpc) is 2.27. The Balaban J connectivity index is 2.92. The van der Waals surface area contributed by atoms with Crippen LogP contribution in [-0.4, -0.2) is 15.6 Å². The van der Waals surface area contributed by atoms with Crippen LogP contribution >= 0.6 is 0 Å². The number of carboxylic acid groups (broad SMARTS) is 1. The second-order valence-electron chi connectivity index (χ2n) is 4.50. The first-order chi connectivity index (χ1) is 7.85. The van der Waals surface area contributed by atoms with Crippen molar-refractivity contribution >= 4 is 5.97 Å². The fourth-order valence-electron chi connectivity index (χ4n) is 1.29. The van der Waals surface area contributed by atoms with Crippen LogP contribution in [0.15, 0.2) is 23.1 Å². The van der Waals surface area contributed by atoms with E-state index in [1.165, 1.54) is 22.9 Å². The van der Waals surface area contributed by atoms with Crippen LogP contribution in [-0.2, 0) is 6.54 Å². The normalized spacial score (nSPS) is 10.9. The molecule has 0 saturated carbocycles. The molecule has 0 saturated heterocycles. The highest BCUT2D eigenvalue weighted by molar-refractivity contribution is 5.87. The molecule has 0 amide bonds. The molecule has 0 spiro atoms. The minimum atomic E-state index is -1.07. The maximum absolute atomic E-state index is 11.5. The maximum atomic E-state index is 11.5. The molecule has 1 N–H and O–H groups in total. The third kappa shape index (κ3) is 3.45. The highest BCUT2D eigenvalue weighted by atomic mass is 16.4. The Kier molecular flexibility index (Phi) is 3.69. The predicted octanol–water partition coefficient (Wildman–Crippen LogP) is 1.49. The van der Waals surface area contributed by atoms with E-state index in [1.54, 1.807) is 13.8 Å². The summed E-state index contributed by atoms with van der Waals surface area (Å²) in [6.07, 6.45) is 1.80. The van der Waals surface area contributed by atoms with E-state index in [2.05, 4.69) is 6.07 Å². The zero-order valence-electron chi connectivity index (χ0n) is 9.80. The van der Waals surface area contributed by atoms with E-state index in [-0.39, 0.29) is 11.1 Å². The van der Waals surface area contributed by atoms with Gasteiger partial charge in [-0.1, -0.05) is 0 Å². The summed E-state index contributed by atoms with van der Waals surface area (Å²) in [5, 5.41) is 17.7. The highest BCUT2D eigenvalue weighted by Gasteiger charge is 2.16. The first-order valence-corrected chi connectivity index (χ1v) is 5.21. The number of pyridine rings is 1.